The van der Waals surface area contributed by atoms with E-state index >= 15 is 0 Å². The molecule has 1 aliphatic rings. The fourth-order valence-corrected chi connectivity index (χ4v) is 2.49. The van der Waals surface area contributed by atoms with E-state index in [1.807, 2.05) is 0 Å². The second kappa shape index (κ2) is 6.07. The van der Waals surface area contributed by atoms with Crippen LogP contribution < -0.4 is 0 Å². The van der Waals surface area contributed by atoms with Gasteiger partial charge in [-0.15, -0.1) is 0 Å². The molecule has 3 heterocycles. The zero-order chi connectivity index (χ0) is 15.6. The number of halogens is 3. The molecule has 6 nitrogen and oxygen atoms in total. The van der Waals surface area contributed by atoms with Crippen molar-refractivity contribution in [1.82, 2.24) is 19.9 Å². The fraction of sp³-hybridized carbons (Fsp3) is 0.615. The Morgan fingerprint density at radius 1 is 1.32 bits per heavy atom. The van der Waals surface area contributed by atoms with E-state index in [9.17, 15) is 13.2 Å². The molecule has 0 unspecified atom stereocenters. The minimum atomic E-state index is -2.61. The van der Waals surface area contributed by atoms with Crippen LogP contribution >= 0.6 is 0 Å². The Morgan fingerprint density at radius 2 is 2.09 bits per heavy atom. The SMILES string of the molecule is FCCn1cc(-c2noc(C3(C(F)F)CCOCC3)n2)cn1. The summed E-state index contributed by atoms with van der Waals surface area (Å²) in [5.41, 5.74) is -0.960. The second-order valence-electron chi connectivity index (χ2n) is 5.17. The van der Waals surface area contributed by atoms with Crippen LogP contribution in [-0.2, 0) is 16.7 Å². The highest BCUT2D eigenvalue weighted by Gasteiger charge is 2.48. The molecule has 0 bridgehead atoms. The van der Waals surface area contributed by atoms with E-state index in [1.54, 1.807) is 6.20 Å². The highest BCUT2D eigenvalue weighted by atomic mass is 19.3. The van der Waals surface area contributed by atoms with Gasteiger partial charge in [0.15, 0.2) is 0 Å². The smallest absolute Gasteiger partial charge is 0.253 e. The maximum atomic E-state index is 13.5. The lowest BCUT2D eigenvalue weighted by molar-refractivity contribution is -0.0465. The Hall–Kier alpha value is -1.90. The van der Waals surface area contributed by atoms with Crippen molar-refractivity contribution in [3.05, 3.63) is 18.3 Å². The van der Waals surface area contributed by atoms with Crippen molar-refractivity contribution >= 4 is 0 Å². The summed E-state index contributed by atoms with van der Waals surface area (Å²) in [6, 6.07) is 0. The molecule has 9 heteroatoms. The van der Waals surface area contributed by atoms with Crippen LogP contribution in [0.15, 0.2) is 16.9 Å². The molecule has 0 aliphatic carbocycles. The van der Waals surface area contributed by atoms with Crippen LogP contribution in [0.1, 0.15) is 18.7 Å². The second-order valence-corrected chi connectivity index (χ2v) is 5.17. The third-order valence-corrected chi connectivity index (χ3v) is 3.86. The standard InChI is InChI=1S/C13H15F3N4O2/c14-3-4-20-8-9(7-17-20)10-18-12(22-19-10)13(11(15)16)1-5-21-6-2-13/h7-8,11H,1-6H2. The number of aromatic nitrogens is 4. The van der Waals surface area contributed by atoms with Crippen LogP contribution in [-0.4, -0.2) is 46.2 Å². The summed E-state index contributed by atoms with van der Waals surface area (Å²) in [4.78, 5) is 4.11. The van der Waals surface area contributed by atoms with E-state index in [4.69, 9.17) is 9.26 Å². The Morgan fingerprint density at radius 3 is 2.77 bits per heavy atom. The van der Waals surface area contributed by atoms with Crippen LogP contribution in [0.4, 0.5) is 13.2 Å². The van der Waals surface area contributed by atoms with Gasteiger partial charge in [0, 0.05) is 19.4 Å². The topological polar surface area (TPSA) is 66.0 Å². The largest absolute Gasteiger partial charge is 0.381 e. The summed E-state index contributed by atoms with van der Waals surface area (Å²) in [7, 11) is 0. The average molecular weight is 316 g/mol. The lowest BCUT2D eigenvalue weighted by Gasteiger charge is -2.32. The molecule has 0 amide bonds. The van der Waals surface area contributed by atoms with Gasteiger partial charge in [0.2, 0.25) is 11.7 Å². The molecule has 22 heavy (non-hydrogen) atoms. The Balaban J connectivity index is 1.88. The summed E-state index contributed by atoms with van der Waals surface area (Å²) in [5, 5.41) is 7.70. The van der Waals surface area contributed by atoms with E-state index < -0.39 is 18.5 Å². The number of hydrogen-bond donors (Lipinski definition) is 0. The third-order valence-electron chi connectivity index (χ3n) is 3.86. The van der Waals surface area contributed by atoms with Crippen molar-refractivity contribution in [2.75, 3.05) is 19.9 Å². The van der Waals surface area contributed by atoms with Crippen molar-refractivity contribution in [1.29, 1.82) is 0 Å². The van der Waals surface area contributed by atoms with E-state index in [2.05, 4.69) is 15.2 Å². The first-order valence-corrected chi connectivity index (χ1v) is 6.94. The first-order valence-electron chi connectivity index (χ1n) is 6.94. The Kier molecular flexibility index (Phi) is 4.14. The van der Waals surface area contributed by atoms with Gasteiger partial charge < -0.3 is 9.26 Å². The van der Waals surface area contributed by atoms with Gasteiger partial charge in [-0.05, 0) is 12.8 Å². The number of ether oxygens (including phenoxy) is 1. The highest BCUT2D eigenvalue weighted by Crippen LogP contribution is 2.40. The Labute approximate surface area is 124 Å². The molecule has 0 N–H and O–H groups in total. The molecule has 120 valence electrons. The lowest BCUT2D eigenvalue weighted by Crippen LogP contribution is -2.40. The van der Waals surface area contributed by atoms with Gasteiger partial charge in [-0.3, -0.25) is 4.68 Å². The summed E-state index contributed by atoms with van der Waals surface area (Å²) in [6.45, 7) is 0.0309. The summed E-state index contributed by atoms with van der Waals surface area (Å²) >= 11 is 0. The molecule has 1 saturated heterocycles. The fourth-order valence-electron chi connectivity index (χ4n) is 2.49. The van der Waals surface area contributed by atoms with Crippen molar-refractivity contribution in [3.8, 4) is 11.4 Å². The van der Waals surface area contributed by atoms with Crippen LogP contribution in [0.25, 0.3) is 11.4 Å². The highest BCUT2D eigenvalue weighted by molar-refractivity contribution is 5.51. The molecule has 3 rings (SSSR count). The molecule has 0 radical (unpaired) electrons. The van der Waals surface area contributed by atoms with Crippen LogP contribution in [0, 0.1) is 0 Å². The summed E-state index contributed by atoms with van der Waals surface area (Å²) in [6.07, 6.45) is 0.649. The number of aryl methyl sites for hydroxylation is 1. The number of hydrogen-bond acceptors (Lipinski definition) is 5. The van der Waals surface area contributed by atoms with Gasteiger partial charge >= 0.3 is 0 Å². The minimum absolute atomic E-state index is 0.0842. The van der Waals surface area contributed by atoms with Gasteiger partial charge in [-0.2, -0.15) is 10.1 Å². The zero-order valence-corrected chi connectivity index (χ0v) is 11.7. The van der Waals surface area contributed by atoms with E-state index in [0.29, 0.717) is 5.56 Å². The Bertz CT molecular complexity index is 622. The quantitative estimate of drug-likeness (QED) is 0.846. The molecule has 2 aromatic rings. The molecular formula is C13H15F3N4O2. The van der Waals surface area contributed by atoms with Gasteiger partial charge in [0.25, 0.3) is 6.43 Å². The maximum absolute atomic E-state index is 13.5. The average Bonchev–Trinajstić information content (AvgIpc) is 3.17. The first kappa shape index (κ1) is 15.0. The molecule has 0 aromatic carbocycles. The van der Waals surface area contributed by atoms with Crippen molar-refractivity contribution in [2.45, 2.75) is 31.2 Å². The van der Waals surface area contributed by atoms with Crippen LogP contribution in [0.3, 0.4) is 0 Å². The summed E-state index contributed by atoms with van der Waals surface area (Å²) < 4.78 is 51.0. The number of alkyl halides is 3. The van der Waals surface area contributed by atoms with Gasteiger partial charge in [0.1, 0.15) is 12.1 Å². The maximum Gasteiger partial charge on any atom is 0.253 e. The number of nitrogens with zero attached hydrogens (tertiary/aromatic N) is 4. The third kappa shape index (κ3) is 2.60. The van der Waals surface area contributed by atoms with Crippen molar-refractivity contribution in [2.24, 2.45) is 0 Å². The van der Waals surface area contributed by atoms with Gasteiger partial charge in [-0.25, -0.2) is 13.2 Å². The van der Waals surface area contributed by atoms with Crippen LogP contribution in [0.5, 0.6) is 0 Å². The summed E-state index contributed by atoms with van der Waals surface area (Å²) in [5.74, 6) is 0.0886. The molecule has 0 saturated carbocycles. The van der Waals surface area contributed by atoms with Crippen molar-refractivity contribution in [3.63, 3.8) is 0 Å². The molecule has 1 fully saturated rings. The molecule has 0 spiro atoms. The molecule has 0 atom stereocenters. The zero-order valence-electron chi connectivity index (χ0n) is 11.7. The lowest BCUT2D eigenvalue weighted by atomic mass is 9.80. The molecular weight excluding hydrogens is 301 g/mol. The normalized spacial score (nSPS) is 18.0. The van der Waals surface area contributed by atoms with Gasteiger partial charge in [0.05, 0.1) is 18.3 Å². The number of rotatable bonds is 5. The minimum Gasteiger partial charge on any atom is -0.381 e. The molecule has 1 aliphatic heterocycles. The first-order chi connectivity index (χ1) is 10.7. The molecule has 2 aromatic heterocycles. The van der Waals surface area contributed by atoms with Crippen molar-refractivity contribution < 1.29 is 22.4 Å². The predicted octanol–water partition coefficient (Wildman–Crippen LogP) is 2.22. The van der Waals surface area contributed by atoms with E-state index in [-0.39, 0.29) is 44.3 Å². The van der Waals surface area contributed by atoms with Crippen LogP contribution in [0.2, 0.25) is 0 Å². The monoisotopic (exact) mass is 316 g/mol. The van der Waals surface area contributed by atoms with E-state index in [1.165, 1.54) is 10.9 Å². The van der Waals surface area contributed by atoms with E-state index in [0.717, 1.165) is 0 Å². The predicted molar refractivity (Wildman–Crippen MR) is 69.2 cm³/mol. The van der Waals surface area contributed by atoms with Gasteiger partial charge in [-0.1, -0.05) is 5.16 Å².